The molecule has 0 bridgehead atoms. The predicted octanol–water partition coefficient (Wildman–Crippen LogP) is 4.72. The van der Waals surface area contributed by atoms with Gasteiger partial charge in [0.2, 0.25) is 0 Å². The first-order chi connectivity index (χ1) is 14.0. The molecule has 0 fully saturated rings. The fourth-order valence-corrected chi connectivity index (χ4v) is 2.64. The van der Waals surface area contributed by atoms with Crippen molar-refractivity contribution in [3.8, 4) is 5.82 Å². The van der Waals surface area contributed by atoms with Gasteiger partial charge in [-0.25, -0.2) is 9.97 Å². The van der Waals surface area contributed by atoms with Gasteiger partial charge in [0.1, 0.15) is 11.5 Å². The van der Waals surface area contributed by atoms with Crippen molar-refractivity contribution in [1.82, 2.24) is 20.0 Å². The van der Waals surface area contributed by atoms with Crippen LogP contribution in [0.5, 0.6) is 0 Å². The molecule has 3 aromatic rings. The van der Waals surface area contributed by atoms with Gasteiger partial charge in [-0.2, -0.15) is 26.3 Å². The van der Waals surface area contributed by atoms with E-state index in [0.717, 1.165) is 22.9 Å². The summed E-state index contributed by atoms with van der Waals surface area (Å²) in [6.45, 7) is 0. The van der Waals surface area contributed by atoms with Gasteiger partial charge in [0.25, 0.3) is 5.91 Å². The Morgan fingerprint density at radius 2 is 1.77 bits per heavy atom. The van der Waals surface area contributed by atoms with Crippen LogP contribution in [0.25, 0.3) is 5.82 Å². The molecule has 0 aromatic carbocycles. The number of rotatable bonds is 4. The van der Waals surface area contributed by atoms with Gasteiger partial charge in [-0.05, 0) is 30.3 Å². The Balaban J connectivity index is 1.82. The summed E-state index contributed by atoms with van der Waals surface area (Å²) in [5.74, 6) is -1.72. The van der Waals surface area contributed by atoms with Gasteiger partial charge in [-0.15, -0.1) is 0 Å². The highest BCUT2D eigenvalue weighted by Gasteiger charge is 2.35. The Morgan fingerprint density at radius 1 is 1.03 bits per heavy atom. The second-order valence-electron chi connectivity index (χ2n) is 5.77. The van der Waals surface area contributed by atoms with Crippen LogP contribution in [-0.4, -0.2) is 20.4 Å². The van der Waals surface area contributed by atoms with E-state index < -0.39 is 40.2 Å². The third-order valence-corrected chi connectivity index (χ3v) is 4.05. The summed E-state index contributed by atoms with van der Waals surface area (Å²) in [5, 5.41) is -0.426. The molecule has 0 aliphatic carbocycles. The summed E-state index contributed by atoms with van der Waals surface area (Å²) in [6.07, 6.45) is -6.52. The smallest absolute Gasteiger partial charge is 0.296 e. The molecular weight excluding hydrogens is 440 g/mol. The van der Waals surface area contributed by atoms with E-state index in [9.17, 15) is 31.1 Å². The Bertz CT molecular complexity index is 1080. The summed E-state index contributed by atoms with van der Waals surface area (Å²) in [7, 11) is 0. The fourth-order valence-electron chi connectivity index (χ4n) is 2.43. The Kier molecular flexibility index (Phi) is 5.61. The summed E-state index contributed by atoms with van der Waals surface area (Å²) < 4.78 is 78.6. The molecule has 0 radical (unpaired) electrons. The predicted molar refractivity (Wildman–Crippen MR) is 93.9 cm³/mol. The number of hydrogen-bond acceptors (Lipinski definition) is 4. The number of carbonyl (C=O) groups is 1. The van der Waals surface area contributed by atoms with E-state index in [-0.39, 0.29) is 11.5 Å². The first kappa shape index (κ1) is 21.4. The van der Waals surface area contributed by atoms with E-state index in [4.69, 9.17) is 11.6 Å². The summed E-state index contributed by atoms with van der Waals surface area (Å²) >= 11 is 5.73. The molecule has 0 aliphatic heterocycles. The number of hydrogen-bond donors (Lipinski definition) is 2. The van der Waals surface area contributed by atoms with Crippen LogP contribution in [0.15, 0.2) is 48.9 Å². The summed E-state index contributed by atoms with van der Waals surface area (Å²) in [6, 6.07) is 5.08. The van der Waals surface area contributed by atoms with Gasteiger partial charge in [-0.3, -0.25) is 20.2 Å². The topological polar surface area (TPSA) is 71.8 Å². The lowest BCUT2D eigenvalue weighted by atomic mass is 10.2. The van der Waals surface area contributed by atoms with Gasteiger partial charge >= 0.3 is 12.4 Å². The Morgan fingerprint density at radius 3 is 2.40 bits per heavy atom. The molecule has 3 aromatic heterocycles. The normalized spacial score (nSPS) is 12.0. The first-order valence-electron chi connectivity index (χ1n) is 7.97. The van der Waals surface area contributed by atoms with Crippen molar-refractivity contribution in [1.29, 1.82) is 0 Å². The minimum atomic E-state index is -4.71. The first-order valence-corrected chi connectivity index (χ1v) is 8.35. The molecule has 0 saturated carbocycles. The monoisotopic (exact) mass is 449 g/mol. The number of amides is 1. The third-order valence-electron chi connectivity index (χ3n) is 3.76. The summed E-state index contributed by atoms with van der Waals surface area (Å²) in [5.41, 5.74) is 1.98. The zero-order chi connectivity index (χ0) is 22.1. The van der Waals surface area contributed by atoms with E-state index >= 15 is 0 Å². The SMILES string of the molecule is O=C(NNc1ncc(C(F)(F)F)cc1Cl)c1cccn1-c1ncccc1C(F)(F)F. The molecular formula is C17H10ClF6N5O. The van der Waals surface area contributed by atoms with Crippen LogP contribution in [0.4, 0.5) is 32.2 Å². The van der Waals surface area contributed by atoms with E-state index in [1.165, 1.54) is 18.3 Å². The number of hydrazine groups is 1. The highest BCUT2D eigenvalue weighted by atomic mass is 35.5. The van der Waals surface area contributed by atoms with Crippen LogP contribution in [0.3, 0.4) is 0 Å². The van der Waals surface area contributed by atoms with Crippen molar-refractivity contribution in [2.45, 2.75) is 12.4 Å². The van der Waals surface area contributed by atoms with Crippen LogP contribution >= 0.6 is 11.6 Å². The molecule has 0 aliphatic rings. The van der Waals surface area contributed by atoms with Gasteiger partial charge in [0.05, 0.1) is 16.1 Å². The van der Waals surface area contributed by atoms with Gasteiger partial charge in [-0.1, -0.05) is 11.6 Å². The highest BCUT2D eigenvalue weighted by Crippen LogP contribution is 2.34. The van der Waals surface area contributed by atoms with Crippen molar-refractivity contribution in [3.05, 3.63) is 70.8 Å². The maximum atomic E-state index is 13.2. The Labute approximate surface area is 169 Å². The lowest BCUT2D eigenvalue weighted by Crippen LogP contribution is -2.31. The molecule has 3 heterocycles. The van der Waals surface area contributed by atoms with Crippen LogP contribution in [-0.2, 0) is 12.4 Å². The molecule has 158 valence electrons. The number of nitrogens with one attached hydrogen (secondary N) is 2. The van der Waals surface area contributed by atoms with Gasteiger partial charge < -0.3 is 0 Å². The highest BCUT2D eigenvalue weighted by molar-refractivity contribution is 6.33. The molecule has 6 nitrogen and oxygen atoms in total. The standard InChI is InChI=1S/C17H10ClF6N5O/c18-11-7-9(16(19,20)21)8-26-13(11)27-28-15(30)12-4-2-6-29(12)14-10(17(22,23)24)3-1-5-25-14/h1-8H,(H,26,27)(H,28,30). The van der Waals surface area contributed by atoms with Crippen molar-refractivity contribution in [2.75, 3.05) is 5.43 Å². The number of carbonyl (C=O) groups excluding carboxylic acids is 1. The molecule has 0 saturated heterocycles. The number of aromatic nitrogens is 3. The van der Waals surface area contributed by atoms with Gasteiger partial charge in [0, 0.05) is 18.6 Å². The maximum absolute atomic E-state index is 13.2. The van der Waals surface area contributed by atoms with Gasteiger partial charge in [0.15, 0.2) is 5.82 Å². The lowest BCUT2D eigenvalue weighted by molar-refractivity contribution is -0.138. The Hall–Kier alpha value is -3.28. The van der Waals surface area contributed by atoms with Crippen LogP contribution in [0.2, 0.25) is 5.02 Å². The largest absolute Gasteiger partial charge is 0.419 e. The molecule has 0 spiro atoms. The molecule has 13 heteroatoms. The number of alkyl halides is 6. The average Bonchev–Trinajstić information content (AvgIpc) is 3.15. The molecule has 1 amide bonds. The number of nitrogens with zero attached hydrogens (tertiary/aromatic N) is 3. The van der Waals surface area contributed by atoms with Crippen LogP contribution in [0, 0.1) is 0 Å². The maximum Gasteiger partial charge on any atom is 0.419 e. The minimum absolute atomic E-state index is 0.227. The van der Waals surface area contributed by atoms with Crippen molar-refractivity contribution in [2.24, 2.45) is 0 Å². The van der Waals surface area contributed by atoms with Crippen LogP contribution in [0.1, 0.15) is 21.6 Å². The molecule has 3 rings (SSSR count). The van der Waals surface area contributed by atoms with Crippen LogP contribution < -0.4 is 10.9 Å². The van der Waals surface area contributed by atoms with Crippen molar-refractivity contribution < 1.29 is 31.1 Å². The molecule has 2 N–H and O–H groups in total. The van der Waals surface area contributed by atoms with E-state index in [0.29, 0.717) is 12.3 Å². The lowest BCUT2D eigenvalue weighted by Gasteiger charge is -2.15. The summed E-state index contributed by atoms with van der Waals surface area (Å²) in [4.78, 5) is 19.6. The minimum Gasteiger partial charge on any atom is -0.296 e. The second kappa shape index (κ2) is 7.86. The number of halogens is 7. The molecule has 30 heavy (non-hydrogen) atoms. The average molecular weight is 450 g/mol. The fraction of sp³-hybridized carbons (Fsp3) is 0.118. The van der Waals surface area contributed by atoms with E-state index in [1.54, 1.807) is 0 Å². The molecule has 0 unspecified atom stereocenters. The van der Waals surface area contributed by atoms with Crippen molar-refractivity contribution >= 4 is 23.3 Å². The quantitative estimate of drug-likeness (QED) is 0.447. The zero-order valence-electron chi connectivity index (χ0n) is 14.5. The van der Waals surface area contributed by atoms with E-state index in [1.807, 2.05) is 0 Å². The van der Waals surface area contributed by atoms with Crippen molar-refractivity contribution in [3.63, 3.8) is 0 Å². The zero-order valence-corrected chi connectivity index (χ0v) is 15.3. The van der Waals surface area contributed by atoms with E-state index in [2.05, 4.69) is 20.8 Å². The number of pyridine rings is 2. The third kappa shape index (κ3) is 4.48. The number of anilines is 1. The molecule has 0 atom stereocenters. The second-order valence-corrected chi connectivity index (χ2v) is 6.17.